The van der Waals surface area contributed by atoms with Crippen molar-refractivity contribution in [2.75, 3.05) is 6.54 Å². The number of aliphatic hydroxyl groups is 1. The number of Topliss-reactive ketones (excluding diaryl/α,β-unsaturated/α-hetero) is 2. The predicted octanol–water partition coefficient (Wildman–Crippen LogP) is 1.49. The number of hydrogen-bond acceptors (Lipinski definition) is 4. The van der Waals surface area contributed by atoms with Gasteiger partial charge in [-0.25, -0.2) is 0 Å². The number of nitrogens with zero attached hydrogens (tertiary/aromatic N) is 1. The molecule has 0 radical (unpaired) electrons. The SMILES string of the molecule is CCCN1C(O)C(=O)C(C(=O)c2ccccc2)C1C. The molecule has 1 heterocycles. The lowest BCUT2D eigenvalue weighted by molar-refractivity contribution is -0.130. The summed E-state index contributed by atoms with van der Waals surface area (Å²) in [5.41, 5.74) is 0.526. The third kappa shape index (κ3) is 2.46. The molecule has 1 fully saturated rings. The maximum absolute atomic E-state index is 12.4. The van der Waals surface area contributed by atoms with Crippen LogP contribution in [0, 0.1) is 5.92 Å². The van der Waals surface area contributed by atoms with Gasteiger partial charge in [-0.1, -0.05) is 37.3 Å². The van der Waals surface area contributed by atoms with Crippen LogP contribution >= 0.6 is 0 Å². The monoisotopic (exact) mass is 261 g/mol. The van der Waals surface area contributed by atoms with Crippen molar-refractivity contribution in [2.45, 2.75) is 32.5 Å². The smallest absolute Gasteiger partial charge is 0.188 e. The van der Waals surface area contributed by atoms with Gasteiger partial charge < -0.3 is 5.11 Å². The highest BCUT2D eigenvalue weighted by Crippen LogP contribution is 2.28. The Morgan fingerprint density at radius 2 is 1.95 bits per heavy atom. The van der Waals surface area contributed by atoms with Gasteiger partial charge in [0, 0.05) is 18.2 Å². The summed E-state index contributed by atoms with van der Waals surface area (Å²) in [6.45, 7) is 4.43. The van der Waals surface area contributed by atoms with E-state index in [1.54, 1.807) is 29.2 Å². The average Bonchev–Trinajstić information content (AvgIpc) is 2.64. The second-order valence-corrected chi connectivity index (χ2v) is 4.96. The van der Waals surface area contributed by atoms with E-state index in [0.717, 1.165) is 6.42 Å². The van der Waals surface area contributed by atoms with E-state index in [4.69, 9.17) is 0 Å². The van der Waals surface area contributed by atoms with Gasteiger partial charge in [-0.15, -0.1) is 0 Å². The number of aliphatic hydroxyl groups excluding tert-OH is 1. The summed E-state index contributed by atoms with van der Waals surface area (Å²) < 4.78 is 0. The fourth-order valence-corrected chi connectivity index (χ4v) is 2.69. The van der Waals surface area contributed by atoms with Gasteiger partial charge in [0.15, 0.2) is 17.8 Å². The molecule has 0 spiro atoms. The Balaban J connectivity index is 2.25. The minimum atomic E-state index is -1.15. The van der Waals surface area contributed by atoms with Crippen LogP contribution < -0.4 is 0 Å². The number of carbonyl (C=O) groups excluding carboxylic acids is 2. The summed E-state index contributed by atoms with van der Waals surface area (Å²) in [4.78, 5) is 26.2. The minimum Gasteiger partial charge on any atom is -0.371 e. The Kier molecular flexibility index (Phi) is 4.12. The number of rotatable bonds is 4. The Hall–Kier alpha value is -1.52. The van der Waals surface area contributed by atoms with Gasteiger partial charge in [0.25, 0.3) is 0 Å². The molecule has 1 aliphatic rings. The Morgan fingerprint density at radius 1 is 1.32 bits per heavy atom. The number of carbonyl (C=O) groups is 2. The van der Waals surface area contributed by atoms with Crippen molar-refractivity contribution >= 4 is 11.6 Å². The fraction of sp³-hybridized carbons (Fsp3) is 0.467. The molecule has 3 unspecified atom stereocenters. The second kappa shape index (κ2) is 5.63. The number of ketones is 2. The summed E-state index contributed by atoms with van der Waals surface area (Å²) in [5.74, 6) is -1.34. The summed E-state index contributed by atoms with van der Waals surface area (Å²) in [6, 6.07) is 8.54. The minimum absolute atomic E-state index is 0.198. The molecule has 0 aliphatic carbocycles. The standard InChI is InChI=1S/C15H19NO3/c1-3-9-16-10(2)12(14(18)15(16)19)13(17)11-7-5-4-6-8-11/h4-8,10,12,15,19H,3,9H2,1-2H3. The van der Waals surface area contributed by atoms with Crippen LogP contribution in [0.3, 0.4) is 0 Å². The molecular formula is C15H19NO3. The van der Waals surface area contributed by atoms with Crippen molar-refractivity contribution in [3.05, 3.63) is 35.9 Å². The van der Waals surface area contributed by atoms with Gasteiger partial charge >= 0.3 is 0 Å². The van der Waals surface area contributed by atoms with Gasteiger partial charge in [0.1, 0.15) is 5.92 Å². The summed E-state index contributed by atoms with van der Waals surface area (Å²) in [7, 11) is 0. The van der Waals surface area contributed by atoms with E-state index in [1.165, 1.54) is 0 Å². The third-order valence-electron chi connectivity index (χ3n) is 3.70. The van der Waals surface area contributed by atoms with Crippen molar-refractivity contribution in [1.82, 2.24) is 4.90 Å². The van der Waals surface area contributed by atoms with Crippen LogP contribution in [0.25, 0.3) is 0 Å². The number of benzene rings is 1. The van der Waals surface area contributed by atoms with Gasteiger partial charge in [-0.05, 0) is 13.3 Å². The van der Waals surface area contributed by atoms with Gasteiger partial charge in [-0.2, -0.15) is 0 Å². The van der Waals surface area contributed by atoms with E-state index in [1.807, 2.05) is 19.9 Å². The molecule has 1 saturated heterocycles. The molecule has 1 aromatic carbocycles. The summed E-state index contributed by atoms with van der Waals surface area (Å²) >= 11 is 0. The van der Waals surface area contributed by atoms with Crippen molar-refractivity contribution in [2.24, 2.45) is 5.92 Å². The molecule has 1 aliphatic heterocycles. The quantitative estimate of drug-likeness (QED) is 0.659. The molecular weight excluding hydrogens is 242 g/mol. The van der Waals surface area contributed by atoms with Crippen molar-refractivity contribution in [3.8, 4) is 0 Å². The molecule has 0 saturated carbocycles. The zero-order valence-corrected chi connectivity index (χ0v) is 11.2. The molecule has 2 rings (SSSR count). The molecule has 102 valence electrons. The van der Waals surface area contributed by atoms with Crippen molar-refractivity contribution in [3.63, 3.8) is 0 Å². The van der Waals surface area contributed by atoms with Crippen molar-refractivity contribution in [1.29, 1.82) is 0 Å². The maximum Gasteiger partial charge on any atom is 0.188 e. The molecule has 0 aromatic heterocycles. The van der Waals surface area contributed by atoms with Gasteiger partial charge in [0.2, 0.25) is 0 Å². The highest BCUT2D eigenvalue weighted by atomic mass is 16.3. The topological polar surface area (TPSA) is 57.6 Å². The predicted molar refractivity (Wildman–Crippen MR) is 71.7 cm³/mol. The molecule has 19 heavy (non-hydrogen) atoms. The second-order valence-electron chi connectivity index (χ2n) is 4.96. The Bertz CT molecular complexity index is 472. The average molecular weight is 261 g/mol. The molecule has 0 bridgehead atoms. The molecule has 0 amide bonds. The molecule has 3 atom stereocenters. The van der Waals surface area contributed by atoms with E-state index in [-0.39, 0.29) is 17.6 Å². The van der Waals surface area contributed by atoms with E-state index in [9.17, 15) is 14.7 Å². The van der Waals surface area contributed by atoms with E-state index >= 15 is 0 Å². The van der Waals surface area contributed by atoms with Crippen LogP contribution in [0.15, 0.2) is 30.3 Å². The van der Waals surface area contributed by atoms with Crippen LogP contribution in [-0.4, -0.2) is 40.4 Å². The van der Waals surface area contributed by atoms with E-state index in [2.05, 4.69) is 0 Å². The molecule has 1 N–H and O–H groups in total. The van der Waals surface area contributed by atoms with Gasteiger partial charge in [0.05, 0.1) is 0 Å². The lowest BCUT2D eigenvalue weighted by Crippen LogP contribution is -2.37. The van der Waals surface area contributed by atoms with Crippen LogP contribution in [0.2, 0.25) is 0 Å². The molecule has 4 heteroatoms. The van der Waals surface area contributed by atoms with Gasteiger partial charge in [-0.3, -0.25) is 14.5 Å². The van der Waals surface area contributed by atoms with Crippen LogP contribution in [-0.2, 0) is 4.79 Å². The van der Waals surface area contributed by atoms with Crippen LogP contribution in [0.1, 0.15) is 30.6 Å². The first kappa shape index (κ1) is 13.9. The largest absolute Gasteiger partial charge is 0.371 e. The van der Waals surface area contributed by atoms with Crippen LogP contribution in [0.4, 0.5) is 0 Å². The zero-order valence-electron chi connectivity index (χ0n) is 11.2. The number of hydrogen-bond donors (Lipinski definition) is 1. The lowest BCUT2D eigenvalue weighted by Gasteiger charge is -2.24. The van der Waals surface area contributed by atoms with E-state index in [0.29, 0.717) is 12.1 Å². The number of likely N-dealkylation sites (tertiary alicyclic amines) is 1. The summed E-state index contributed by atoms with van der Waals surface area (Å²) in [6.07, 6.45) is -0.311. The lowest BCUT2D eigenvalue weighted by atomic mass is 9.91. The Morgan fingerprint density at radius 3 is 2.53 bits per heavy atom. The third-order valence-corrected chi connectivity index (χ3v) is 3.70. The first-order valence-corrected chi connectivity index (χ1v) is 6.64. The molecule has 1 aromatic rings. The highest BCUT2D eigenvalue weighted by Gasteiger charge is 2.48. The van der Waals surface area contributed by atoms with E-state index < -0.39 is 12.1 Å². The normalized spacial score (nSPS) is 27.7. The first-order valence-electron chi connectivity index (χ1n) is 6.64. The summed E-state index contributed by atoms with van der Waals surface area (Å²) in [5, 5.41) is 9.95. The Labute approximate surface area is 113 Å². The highest BCUT2D eigenvalue weighted by molar-refractivity contribution is 6.13. The fourth-order valence-electron chi connectivity index (χ4n) is 2.69. The maximum atomic E-state index is 12.4. The van der Waals surface area contributed by atoms with Crippen molar-refractivity contribution < 1.29 is 14.7 Å². The molecule has 4 nitrogen and oxygen atoms in total. The first-order chi connectivity index (χ1) is 9.07. The van der Waals surface area contributed by atoms with Crippen LogP contribution in [0.5, 0.6) is 0 Å². The zero-order chi connectivity index (χ0) is 14.0.